The molecule has 0 aliphatic carbocycles. The van der Waals surface area contributed by atoms with E-state index in [1.807, 2.05) is 0 Å². The van der Waals surface area contributed by atoms with Gasteiger partial charge < -0.3 is 10.2 Å². The lowest BCUT2D eigenvalue weighted by Gasteiger charge is -2.06. The maximum Gasteiger partial charge on any atom is 0.347 e. The Morgan fingerprint density at radius 1 is 1.55 bits per heavy atom. The first kappa shape index (κ1) is 10.4. The van der Waals surface area contributed by atoms with Gasteiger partial charge in [0.25, 0.3) is 0 Å². The number of hydrogen-bond acceptors (Lipinski definition) is 3. The van der Waals surface area contributed by atoms with E-state index in [2.05, 4.69) is 12.2 Å². The van der Waals surface area contributed by atoms with E-state index < -0.39 is 12.2 Å². The maximum atomic E-state index is 10.1. The highest BCUT2D eigenvalue weighted by Crippen LogP contribution is 1.91. The Kier molecular flexibility index (Phi) is 5.78. The highest BCUT2D eigenvalue weighted by Gasteiger charge is 2.09. The van der Waals surface area contributed by atoms with E-state index in [9.17, 15) is 4.79 Å². The average molecular weight is 161 g/mol. The summed E-state index contributed by atoms with van der Waals surface area (Å²) in [5.41, 5.74) is 0. The highest BCUT2D eigenvalue weighted by atomic mass is 16.4. The summed E-state index contributed by atoms with van der Waals surface area (Å²) < 4.78 is 0. The first-order valence-corrected chi connectivity index (χ1v) is 3.82. The van der Waals surface area contributed by atoms with Crippen LogP contribution in [0.1, 0.15) is 26.2 Å². The van der Waals surface area contributed by atoms with Crippen molar-refractivity contribution in [3.8, 4) is 0 Å². The molecule has 66 valence electrons. The number of hydrogen-bond donors (Lipinski definition) is 3. The Balaban J connectivity index is 3.17. The van der Waals surface area contributed by atoms with Crippen molar-refractivity contribution in [1.82, 2.24) is 5.32 Å². The van der Waals surface area contributed by atoms with Gasteiger partial charge in [0.15, 0.2) is 0 Å². The van der Waals surface area contributed by atoms with Crippen LogP contribution in [0, 0.1) is 0 Å². The summed E-state index contributed by atoms with van der Waals surface area (Å²) in [6.45, 7) is 2.62. The summed E-state index contributed by atoms with van der Waals surface area (Å²) in [4.78, 5) is 10.1. The first-order chi connectivity index (χ1) is 5.18. The van der Waals surface area contributed by atoms with Crippen LogP contribution >= 0.6 is 0 Å². The SMILES string of the molecule is CCCCCNC(O)C(=O)O. The smallest absolute Gasteiger partial charge is 0.347 e. The molecule has 0 spiro atoms. The number of carbonyl (C=O) groups is 1. The van der Waals surface area contributed by atoms with Gasteiger partial charge in [0.1, 0.15) is 0 Å². The van der Waals surface area contributed by atoms with E-state index in [4.69, 9.17) is 10.2 Å². The molecular weight excluding hydrogens is 146 g/mol. The van der Waals surface area contributed by atoms with Gasteiger partial charge in [-0.25, -0.2) is 4.79 Å². The van der Waals surface area contributed by atoms with Crippen molar-refractivity contribution in [2.75, 3.05) is 6.54 Å². The predicted molar refractivity (Wildman–Crippen MR) is 41.2 cm³/mol. The van der Waals surface area contributed by atoms with Gasteiger partial charge in [0.05, 0.1) is 0 Å². The molecule has 0 aliphatic heterocycles. The van der Waals surface area contributed by atoms with Crippen LogP contribution in [0.15, 0.2) is 0 Å². The molecule has 0 rings (SSSR count). The first-order valence-electron chi connectivity index (χ1n) is 3.82. The Morgan fingerprint density at radius 3 is 2.64 bits per heavy atom. The minimum Gasteiger partial charge on any atom is -0.478 e. The number of rotatable bonds is 6. The van der Waals surface area contributed by atoms with Crippen molar-refractivity contribution in [1.29, 1.82) is 0 Å². The summed E-state index contributed by atoms with van der Waals surface area (Å²) in [7, 11) is 0. The number of aliphatic hydroxyl groups excluding tert-OH is 1. The van der Waals surface area contributed by atoms with Gasteiger partial charge >= 0.3 is 5.97 Å². The summed E-state index contributed by atoms with van der Waals surface area (Å²) in [6.07, 6.45) is 1.64. The molecule has 0 aromatic rings. The Labute approximate surface area is 66.2 Å². The third-order valence-corrected chi connectivity index (χ3v) is 1.35. The minimum absolute atomic E-state index is 0.557. The third-order valence-electron chi connectivity index (χ3n) is 1.35. The molecule has 3 N–H and O–H groups in total. The molecular formula is C7H15NO3. The lowest BCUT2D eigenvalue weighted by atomic mass is 10.2. The van der Waals surface area contributed by atoms with Crippen LogP contribution < -0.4 is 5.32 Å². The van der Waals surface area contributed by atoms with Crippen molar-refractivity contribution in [2.45, 2.75) is 32.4 Å². The van der Waals surface area contributed by atoms with E-state index in [-0.39, 0.29) is 0 Å². The predicted octanol–water partition coefficient (Wildman–Crippen LogP) is 0.169. The second-order valence-corrected chi connectivity index (χ2v) is 2.40. The molecule has 0 heterocycles. The standard InChI is InChI=1S/C7H15NO3/c1-2-3-4-5-8-6(9)7(10)11/h6,8-9H,2-5H2,1H3,(H,10,11). The lowest BCUT2D eigenvalue weighted by Crippen LogP contribution is -2.36. The topological polar surface area (TPSA) is 69.6 Å². The number of unbranched alkanes of at least 4 members (excludes halogenated alkanes) is 2. The van der Waals surface area contributed by atoms with Gasteiger partial charge in [-0.05, 0) is 13.0 Å². The fourth-order valence-electron chi connectivity index (χ4n) is 0.701. The van der Waals surface area contributed by atoms with E-state index in [1.54, 1.807) is 0 Å². The zero-order chi connectivity index (χ0) is 8.69. The lowest BCUT2D eigenvalue weighted by molar-refractivity contribution is -0.148. The second-order valence-electron chi connectivity index (χ2n) is 2.40. The van der Waals surface area contributed by atoms with E-state index in [0.717, 1.165) is 19.3 Å². The summed E-state index contributed by atoms with van der Waals surface area (Å²) in [5.74, 6) is -1.22. The zero-order valence-corrected chi connectivity index (χ0v) is 6.71. The molecule has 1 unspecified atom stereocenters. The molecule has 0 aliphatic rings. The molecule has 0 aromatic carbocycles. The molecule has 11 heavy (non-hydrogen) atoms. The molecule has 0 saturated heterocycles. The molecule has 0 fully saturated rings. The fourth-order valence-corrected chi connectivity index (χ4v) is 0.701. The normalized spacial score (nSPS) is 12.9. The van der Waals surface area contributed by atoms with Crippen LogP contribution in [0.5, 0.6) is 0 Å². The number of aliphatic hydroxyl groups is 1. The van der Waals surface area contributed by atoms with Crippen LogP contribution in [0.3, 0.4) is 0 Å². The molecule has 0 bridgehead atoms. The van der Waals surface area contributed by atoms with Crippen LogP contribution in [-0.4, -0.2) is 29.0 Å². The van der Waals surface area contributed by atoms with E-state index >= 15 is 0 Å². The molecule has 4 heteroatoms. The van der Waals surface area contributed by atoms with Gasteiger partial charge in [-0.15, -0.1) is 0 Å². The van der Waals surface area contributed by atoms with E-state index in [1.165, 1.54) is 0 Å². The third kappa shape index (κ3) is 5.82. The van der Waals surface area contributed by atoms with Crippen LogP contribution in [-0.2, 0) is 4.79 Å². The van der Waals surface area contributed by atoms with E-state index in [0.29, 0.717) is 6.54 Å². The van der Waals surface area contributed by atoms with Gasteiger partial charge in [0, 0.05) is 0 Å². The molecule has 0 saturated carbocycles. The summed E-state index contributed by atoms with van der Waals surface area (Å²) >= 11 is 0. The van der Waals surface area contributed by atoms with Crippen molar-refractivity contribution >= 4 is 5.97 Å². The maximum absolute atomic E-state index is 10.1. The van der Waals surface area contributed by atoms with Gasteiger partial charge in [-0.3, -0.25) is 5.32 Å². The quantitative estimate of drug-likeness (QED) is 0.383. The number of carboxylic acids is 1. The highest BCUT2D eigenvalue weighted by molar-refractivity contribution is 5.71. The Hall–Kier alpha value is -0.610. The number of aliphatic carboxylic acids is 1. The molecule has 0 amide bonds. The largest absolute Gasteiger partial charge is 0.478 e. The minimum atomic E-state index is -1.41. The van der Waals surface area contributed by atoms with Gasteiger partial charge in [-0.2, -0.15) is 0 Å². The van der Waals surface area contributed by atoms with Crippen molar-refractivity contribution in [3.05, 3.63) is 0 Å². The fraction of sp³-hybridized carbons (Fsp3) is 0.857. The molecule has 0 radical (unpaired) electrons. The average Bonchev–Trinajstić information content (AvgIpc) is 1.97. The summed E-state index contributed by atoms with van der Waals surface area (Å²) in [5, 5.41) is 19.4. The van der Waals surface area contributed by atoms with Gasteiger partial charge in [-0.1, -0.05) is 19.8 Å². The number of carboxylic acid groups (broad SMARTS) is 1. The second kappa shape index (κ2) is 6.12. The molecule has 1 atom stereocenters. The van der Waals surface area contributed by atoms with Crippen molar-refractivity contribution in [2.24, 2.45) is 0 Å². The van der Waals surface area contributed by atoms with Crippen LogP contribution in [0.2, 0.25) is 0 Å². The van der Waals surface area contributed by atoms with Crippen LogP contribution in [0.4, 0.5) is 0 Å². The molecule has 4 nitrogen and oxygen atoms in total. The molecule has 0 aromatic heterocycles. The monoisotopic (exact) mass is 161 g/mol. The van der Waals surface area contributed by atoms with Crippen molar-refractivity contribution < 1.29 is 15.0 Å². The Bertz CT molecular complexity index is 116. The Morgan fingerprint density at radius 2 is 2.18 bits per heavy atom. The van der Waals surface area contributed by atoms with Crippen molar-refractivity contribution in [3.63, 3.8) is 0 Å². The zero-order valence-electron chi connectivity index (χ0n) is 6.71. The number of nitrogens with one attached hydrogen (secondary N) is 1. The van der Waals surface area contributed by atoms with Gasteiger partial charge in [0.2, 0.25) is 6.23 Å². The summed E-state index contributed by atoms with van der Waals surface area (Å²) in [6, 6.07) is 0. The van der Waals surface area contributed by atoms with Crippen LogP contribution in [0.25, 0.3) is 0 Å².